The van der Waals surface area contributed by atoms with E-state index in [1.165, 1.54) is 16.2 Å². The smallest absolute Gasteiger partial charge is 0.297 e. The van der Waals surface area contributed by atoms with Gasteiger partial charge in [-0.15, -0.1) is 10.2 Å². The van der Waals surface area contributed by atoms with E-state index in [2.05, 4.69) is 24.0 Å². The van der Waals surface area contributed by atoms with Crippen molar-refractivity contribution in [3.8, 4) is 0 Å². The zero-order valence-corrected chi connectivity index (χ0v) is 19.3. The molecule has 6 nitrogen and oxygen atoms in total. The molecule has 2 aromatic heterocycles. The third-order valence-electron chi connectivity index (χ3n) is 5.44. The Labute approximate surface area is 193 Å². The van der Waals surface area contributed by atoms with Crippen LogP contribution in [0.3, 0.4) is 0 Å². The van der Waals surface area contributed by atoms with Crippen LogP contribution in [0.5, 0.6) is 0 Å². The highest BCUT2D eigenvalue weighted by atomic mass is 35.5. The van der Waals surface area contributed by atoms with E-state index < -0.39 is 11.9 Å². The summed E-state index contributed by atoms with van der Waals surface area (Å²) in [6.45, 7) is 6.11. The molecular formula is C24H20ClN3O3S. The Kier molecular flexibility index (Phi) is 5.10. The van der Waals surface area contributed by atoms with Crippen LogP contribution in [-0.2, 0) is 6.42 Å². The summed E-state index contributed by atoms with van der Waals surface area (Å²) < 4.78 is 5.99. The molecule has 1 aliphatic rings. The SMILES string of the molecule is Cc1ccc2oc3c(c(=O)c2c1)C(c1cccc(Cl)c1)N(c1nnc(CC(C)C)s1)C3=O. The number of anilines is 1. The minimum atomic E-state index is -0.697. The van der Waals surface area contributed by atoms with Crippen molar-refractivity contribution in [1.82, 2.24) is 10.2 Å². The van der Waals surface area contributed by atoms with Crippen molar-refractivity contribution in [2.24, 2.45) is 5.92 Å². The lowest BCUT2D eigenvalue weighted by molar-refractivity contribution is 0.0970. The highest BCUT2D eigenvalue weighted by molar-refractivity contribution is 7.15. The number of benzene rings is 2. The molecule has 1 atom stereocenters. The van der Waals surface area contributed by atoms with Gasteiger partial charge in [-0.25, -0.2) is 0 Å². The fourth-order valence-corrected chi connectivity index (χ4v) is 5.33. The Bertz CT molecular complexity index is 1430. The Morgan fingerprint density at radius 3 is 2.72 bits per heavy atom. The van der Waals surface area contributed by atoms with Gasteiger partial charge in [-0.1, -0.05) is 60.5 Å². The second-order valence-electron chi connectivity index (χ2n) is 8.38. The number of aromatic nitrogens is 2. The molecule has 0 saturated heterocycles. The molecule has 0 spiro atoms. The predicted octanol–water partition coefficient (Wildman–Crippen LogP) is 5.55. The summed E-state index contributed by atoms with van der Waals surface area (Å²) in [6.07, 6.45) is 0.759. The van der Waals surface area contributed by atoms with Crippen LogP contribution in [0.1, 0.15) is 52.1 Å². The molecule has 1 unspecified atom stereocenters. The largest absolute Gasteiger partial charge is 0.450 e. The lowest BCUT2D eigenvalue weighted by Gasteiger charge is -2.22. The van der Waals surface area contributed by atoms with Gasteiger partial charge in [0.2, 0.25) is 10.9 Å². The molecule has 3 heterocycles. The molecule has 0 saturated carbocycles. The molecule has 8 heteroatoms. The van der Waals surface area contributed by atoms with E-state index in [0.29, 0.717) is 38.2 Å². The maximum atomic E-state index is 13.6. The molecule has 0 aliphatic carbocycles. The molecule has 32 heavy (non-hydrogen) atoms. The third-order valence-corrected chi connectivity index (χ3v) is 6.62. The summed E-state index contributed by atoms with van der Waals surface area (Å²) in [7, 11) is 0. The lowest BCUT2D eigenvalue weighted by Crippen LogP contribution is -2.29. The Morgan fingerprint density at radius 2 is 1.97 bits per heavy atom. The van der Waals surface area contributed by atoms with Crippen LogP contribution in [0, 0.1) is 12.8 Å². The van der Waals surface area contributed by atoms with Gasteiger partial charge in [0.25, 0.3) is 5.91 Å². The molecule has 0 radical (unpaired) electrons. The molecule has 5 rings (SSSR count). The van der Waals surface area contributed by atoms with Gasteiger partial charge in [0.15, 0.2) is 5.43 Å². The quantitative estimate of drug-likeness (QED) is 0.394. The summed E-state index contributed by atoms with van der Waals surface area (Å²) in [6, 6.07) is 11.8. The first-order valence-corrected chi connectivity index (χ1v) is 11.5. The maximum absolute atomic E-state index is 13.6. The number of hydrogen-bond acceptors (Lipinski definition) is 6. The predicted molar refractivity (Wildman–Crippen MR) is 126 cm³/mol. The molecule has 1 aliphatic heterocycles. The highest BCUT2D eigenvalue weighted by Gasteiger charge is 2.45. The van der Waals surface area contributed by atoms with Crippen molar-refractivity contribution < 1.29 is 9.21 Å². The van der Waals surface area contributed by atoms with Crippen molar-refractivity contribution in [3.63, 3.8) is 0 Å². The van der Waals surface area contributed by atoms with E-state index in [1.54, 1.807) is 30.3 Å². The van der Waals surface area contributed by atoms with E-state index in [-0.39, 0.29) is 11.2 Å². The fourth-order valence-electron chi connectivity index (χ4n) is 4.05. The Hall–Kier alpha value is -3.03. The zero-order chi connectivity index (χ0) is 22.6. The monoisotopic (exact) mass is 465 g/mol. The number of fused-ring (bicyclic) bond motifs is 2. The van der Waals surface area contributed by atoms with Gasteiger partial charge < -0.3 is 4.42 Å². The van der Waals surface area contributed by atoms with Gasteiger partial charge in [0.05, 0.1) is 17.0 Å². The molecule has 0 bridgehead atoms. The van der Waals surface area contributed by atoms with Crippen molar-refractivity contribution in [3.05, 3.63) is 85.2 Å². The summed E-state index contributed by atoms with van der Waals surface area (Å²) in [5.41, 5.74) is 2.11. The number of amides is 1. The first-order chi connectivity index (χ1) is 15.3. The van der Waals surface area contributed by atoms with Gasteiger partial charge in [0, 0.05) is 11.4 Å². The van der Waals surface area contributed by atoms with Gasteiger partial charge >= 0.3 is 0 Å². The van der Waals surface area contributed by atoms with E-state index in [0.717, 1.165) is 17.0 Å². The average Bonchev–Trinajstić information content (AvgIpc) is 3.30. The van der Waals surface area contributed by atoms with E-state index >= 15 is 0 Å². The van der Waals surface area contributed by atoms with Crippen LogP contribution in [-0.4, -0.2) is 16.1 Å². The zero-order valence-electron chi connectivity index (χ0n) is 17.8. The van der Waals surface area contributed by atoms with Crippen LogP contribution >= 0.6 is 22.9 Å². The molecule has 0 fully saturated rings. The number of nitrogens with zero attached hydrogens (tertiary/aromatic N) is 3. The molecule has 1 amide bonds. The van der Waals surface area contributed by atoms with Crippen LogP contribution in [0.15, 0.2) is 51.7 Å². The molecule has 2 aromatic carbocycles. The number of halogens is 1. The van der Waals surface area contributed by atoms with Gasteiger partial charge in [-0.2, -0.15) is 0 Å². The number of hydrogen-bond donors (Lipinski definition) is 0. The first kappa shape index (κ1) is 20.8. The first-order valence-electron chi connectivity index (χ1n) is 10.3. The molecule has 0 N–H and O–H groups in total. The summed E-state index contributed by atoms with van der Waals surface area (Å²) in [5, 5.41) is 10.8. The molecule has 162 valence electrons. The van der Waals surface area contributed by atoms with Crippen LogP contribution in [0.25, 0.3) is 11.0 Å². The summed E-state index contributed by atoms with van der Waals surface area (Å²) >= 11 is 7.62. The summed E-state index contributed by atoms with van der Waals surface area (Å²) in [5.74, 6) is 0.0384. The van der Waals surface area contributed by atoms with E-state index in [4.69, 9.17) is 16.0 Å². The number of aryl methyl sites for hydroxylation is 1. The van der Waals surface area contributed by atoms with Crippen molar-refractivity contribution in [2.45, 2.75) is 33.2 Å². The van der Waals surface area contributed by atoms with Crippen LogP contribution in [0.2, 0.25) is 5.02 Å². The summed E-state index contributed by atoms with van der Waals surface area (Å²) in [4.78, 5) is 28.7. The number of carbonyl (C=O) groups excluding carboxylic acids is 1. The van der Waals surface area contributed by atoms with Crippen molar-refractivity contribution in [2.75, 3.05) is 4.90 Å². The van der Waals surface area contributed by atoms with Gasteiger partial charge in [0.1, 0.15) is 10.6 Å². The van der Waals surface area contributed by atoms with Crippen molar-refractivity contribution >= 4 is 44.9 Å². The number of rotatable bonds is 4. The molecule has 4 aromatic rings. The van der Waals surface area contributed by atoms with Gasteiger partial charge in [-0.3, -0.25) is 14.5 Å². The van der Waals surface area contributed by atoms with E-state index in [9.17, 15) is 9.59 Å². The standard InChI is InChI=1S/C24H20ClN3O3S/c1-12(2)9-18-26-27-24(32-18)28-20(14-5-4-6-15(25)11-14)19-21(29)16-10-13(3)7-8-17(16)31-22(19)23(28)30/h4-8,10-12,20H,9H2,1-3H3. The Balaban J connectivity index is 1.75. The third kappa shape index (κ3) is 3.42. The average molecular weight is 466 g/mol. The van der Waals surface area contributed by atoms with Crippen molar-refractivity contribution in [1.29, 1.82) is 0 Å². The second-order valence-corrected chi connectivity index (χ2v) is 9.86. The minimum Gasteiger partial charge on any atom is -0.450 e. The normalized spacial score (nSPS) is 15.7. The maximum Gasteiger partial charge on any atom is 0.297 e. The van der Waals surface area contributed by atoms with Crippen LogP contribution < -0.4 is 10.3 Å². The van der Waals surface area contributed by atoms with Gasteiger partial charge in [-0.05, 0) is 42.7 Å². The number of carbonyl (C=O) groups is 1. The second kappa shape index (κ2) is 7.83. The lowest BCUT2D eigenvalue weighted by atomic mass is 9.98. The topological polar surface area (TPSA) is 76.3 Å². The minimum absolute atomic E-state index is 0.0388. The highest BCUT2D eigenvalue weighted by Crippen LogP contribution is 2.42. The molecular weight excluding hydrogens is 446 g/mol. The Morgan fingerprint density at radius 1 is 1.16 bits per heavy atom. The fraction of sp³-hybridized carbons (Fsp3) is 0.250. The van der Waals surface area contributed by atoms with Crippen LogP contribution in [0.4, 0.5) is 5.13 Å². The van der Waals surface area contributed by atoms with E-state index in [1.807, 2.05) is 19.1 Å².